The molecule has 0 saturated carbocycles. The molecule has 2 rings (SSSR count). The Labute approximate surface area is 125 Å². The van der Waals surface area contributed by atoms with Crippen LogP contribution in [0.3, 0.4) is 0 Å². The fourth-order valence-corrected chi connectivity index (χ4v) is 2.74. The predicted octanol–water partition coefficient (Wildman–Crippen LogP) is 2.40. The second kappa shape index (κ2) is 6.16. The number of nitrogens with zero attached hydrogens (tertiary/aromatic N) is 1. The van der Waals surface area contributed by atoms with Crippen LogP contribution in [0.5, 0.6) is 0 Å². The standard InChI is InChI=1S/C16H22N2O3/c1-3-16(4-2,14(19)20)17-15(21)18-10-9-12-7-5-6-8-13(12)11-18/h5-8H,3-4,9-11H2,1-2H3,(H,17,21)(H,19,20). The van der Waals surface area contributed by atoms with E-state index >= 15 is 0 Å². The molecule has 5 heteroatoms. The summed E-state index contributed by atoms with van der Waals surface area (Å²) in [5.74, 6) is -0.974. The zero-order valence-corrected chi connectivity index (χ0v) is 12.6. The number of aliphatic carboxylic acids is 1. The molecule has 1 aromatic rings. The Bertz CT molecular complexity index is 538. The van der Waals surface area contributed by atoms with Crippen molar-refractivity contribution in [2.24, 2.45) is 0 Å². The minimum atomic E-state index is -1.17. The van der Waals surface area contributed by atoms with Gasteiger partial charge < -0.3 is 15.3 Å². The van der Waals surface area contributed by atoms with E-state index in [0.29, 0.717) is 25.9 Å². The van der Waals surface area contributed by atoms with Crippen LogP contribution in [0.15, 0.2) is 24.3 Å². The van der Waals surface area contributed by atoms with Gasteiger partial charge in [-0.05, 0) is 30.4 Å². The fourth-order valence-electron chi connectivity index (χ4n) is 2.74. The van der Waals surface area contributed by atoms with Crippen molar-refractivity contribution in [1.82, 2.24) is 10.2 Å². The van der Waals surface area contributed by atoms with Crippen molar-refractivity contribution in [2.45, 2.75) is 45.2 Å². The molecule has 1 aliphatic rings. The van der Waals surface area contributed by atoms with Gasteiger partial charge in [0.05, 0.1) is 0 Å². The number of carbonyl (C=O) groups excluding carboxylic acids is 1. The van der Waals surface area contributed by atoms with Gasteiger partial charge in [-0.3, -0.25) is 0 Å². The lowest BCUT2D eigenvalue weighted by Gasteiger charge is -2.34. The van der Waals surface area contributed by atoms with Crippen LogP contribution >= 0.6 is 0 Å². The zero-order valence-electron chi connectivity index (χ0n) is 12.6. The fraction of sp³-hybridized carbons (Fsp3) is 0.500. The molecule has 0 bridgehead atoms. The maximum absolute atomic E-state index is 12.4. The number of carboxylic acids is 1. The highest BCUT2D eigenvalue weighted by atomic mass is 16.4. The number of benzene rings is 1. The number of amides is 2. The van der Waals surface area contributed by atoms with Gasteiger partial charge in [0.1, 0.15) is 5.54 Å². The van der Waals surface area contributed by atoms with E-state index in [4.69, 9.17) is 0 Å². The average molecular weight is 290 g/mol. The second-order valence-electron chi connectivity index (χ2n) is 5.46. The number of carbonyl (C=O) groups is 2. The second-order valence-corrected chi connectivity index (χ2v) is 5.46. The van der Waals surface area contributed by atoms with Crippen molar-refractivity contribution in [3.63, 3.8) is 0 Å². The molecule has 5 nitrogen and oxygen atoms in total. The van der Waals surface area contributed by atoms with Gasteiger partial charge in [0.25, 0.3) is 0 Å². The van der Waals surface area contributed by atoms with Gasteiger partial charge in [0, 0.05) is 13.1 Å². The first-order chi connectivity index (χ1) is 10.0. The Hall–Kier alpha value is -2.04. The lowest BCUT2D eigenvalue weighted by Crippen LogP contribution is -2.57. The maximum Gasteiger partial charge on any atom is 0.329 e. The summed E-state index contributed by atoms with van der Waals surface area (Å²) in [6.45, 7) is 4.71. The van der Waals surface area contributed by atoms with Crippen molar-refractivity contribution in [1.29, 1.82) is 0 Å². The topological polar surface area (TPSA) is 69.6 Å². The molecule has 0 fully saturated rings. The molecular weight excluding hydrogens is 268 g/mol. The van der Waals surface area contributed by atoms with Crippen LogP contribution in [0.4, 0.5) is 4.79 Å². The first-order valence-corrected chi connectivity index (χ1v) is 7.39. The lowest BCUT2D eigenvalue weighted by atomic mass is 9.93. The smallest absolute Gasteiger partial charge is 0.329 e. The van der Waals surface area contributed by atoms with Crippen LogP contribution < -0.4 is 5.32 Å². The molecule has 2 amide bonds. The molecule has 1 aliphatic heterocycles. The summed E-state index contributed by atoms with van der Waals surface area (Å²) in [6, 6.07) is 7.75. The SMILES string of the molecule is CCC(CC)(NC(=O)N1CCc2ccccc2C1)C(=O)O. The highest BCUT2D eigenvalue weighted by molar-refractivity contribution is 5.86. The van der Waals surface area contributed by atoms with Gasteiger partial charge in [-0.1, -0.05) is 38.1 Å². The molecule has 2 N–H and O–H groups in total. The van der Waals surface area contributed by atoms with Crippen LogP contribution in [0.2, 0.25) is 0 Å². The van der Waals surface area contributed by atoms with Gasteiger partial charge in [-0.15, -0.1) is 0 Å². The van der Waals surface area contributed by atoms with E-state index in [-0.39, 0.29) is 6.03 Å². The van der Waals surface area contributed by atoms with Crippen LogP contribution in [0, 0.1) is 0 Å². The molecule has 1 aromatic carbocycles. The predicted molar refractivity (Wildman–Crippen MR) is 80.0 cm³/mol. The normalized spacial score (nSPS) is 14.5. The Morgan fingerprint density at radius 3 is 2.43 bits per heavy atom. The summed E-state index contributed by atoms with van der Waals surface area (Å²) in [4.78, 5) is 25.6. The van der Waals surface area contributed by atoms with Gasteiger partial charge in [-0.25, -0.2) is 9.59 Å². The van der Waals surface area contributed by atoms with E-state index in [1.165, 1.54) is 5.56 Å². The number of rotatable bonds is 4. The Balaban J connectivity index is 2.10. The number of hydrogen-bond acceptors (Lipinski definition) is 2. The zero-order chi connectivity index (χ0) is 15.5. The largest absolute Gasteiger partial charge is 0.480 e. The first kappa shape index (κ1) is 15.4. The number of nitrogens with one attached hydrogen (secondary N) is 1. The molecule has 0 spiro atoms. The summed E-state index contributed by atoms with van der Waals surface area (Å²) >= 11 is 0. The van der Waals surface area contributed by atoms with Crippen LogP contribution in [-0.2, 0) is 17.8 Å². The summed E-state index contributed by atoms with van der Waals surface area (Å²) in [5.41, 5.74) is 1.22. The van der Waals surface area contributed by atoms with E-state index in [1.54, 1.807) is 18.7 Å². The minimum Gasteiger partial charge on any atom is -0.480 e. The third kappa shape index (κ3) is 3.01. The quantitative estimate of drug-likeness (QED) is 0.894. The summed E-state index contributed by atoms with van der Waals surface area (Å²) in [7, 11) is 0. The molecule has 0 radical (unpaired) electrons. The van der Waals surface area contributed by atoms with Crippen LogP contribution in [-0.4, -0.2) is 34.1 Å². The molecular formula is C16H22N2O3. The van der Waals surface area contributed by atoms with Crippen molar-refractivity contribution < 1.29 is 14.7 Å². The van der Waals surface area contributed by atoms with E-state index < -0.39 is 11.5 Å². The molecule has 0 aliphatic carbocycles. The summed E-state index contributed by atoms with van der Waals surface area (Å²) < 4.78 is 0. The summed E-state index contributed by atoms with van der Waals surface area (Å²) in [5, 5.41) is 12.1. The summed E-state index contributed by atoms with van der Waals surface area (Å²) in [6.07, 6.45) is 1.55. The van der Waals surface area contributed by atoms with Gasteiger partial charge in [0.2, 0.25) is 0 Å². The van der Waals surface area contributed by atoms with Crippen LogP contribution in [0.25, 0.3) is 0 Å². The maximum atomic E-state index is 12.4. The average Bonchev–Trinajstić information content (AvgIpc) is 2.51. The van der Waals surface area contributed by atoms with Crippen molar-refractivity contribution in [3.05, 3.63) is 35.4 Å². The van der Waals surface area contributed by atoms with Crippen molar-refractivity contribution in [2.75, 3.05) is 6.54 Å². The highest BCUT2D eigenvalue weighted by Gasteiger charge is 2.37. The molecule has 0 aromatic heterocycles. The molecule has 0 unspecified atom stereocenters. The van der Waals surface area contributed by atoms with Crippen LogP contribution in [0.1, 0.15) is 37.8 Å². The number of urea groups is 1. The monoisotopic (exact) mass is 290 g/mol. The Morgan fingerprint density at radius 2 is 1.86 bits per heavy atom. The van der Waals surface area contributed by atoms with E-state index in [2.05, 4.69) is 11.4 Å². The highest BCUT2D eigenvalue weighted by Crippen LogP contribution is 2.20. The van der Waals surface area contributed by atoms with Gasteiger partial charge in [-0.2, -0.15) is 0 Å². The van der Waals surface area contributed by atoms with Gasteiger partial charge >= 0.3 is 12.0 Å². The van der Waals surface area contributed by atoms with Gasteiger partial charge in [0.15, 0.2) is 0 Å². The van der Waals surface area contributed by atoms with E-state index in [0.717, 1.165) is 12.0 Å². The van der Waals surface area contributed by atoms with Crippen molar-refractivity contribution in [3.8, 4) is 0 Å². The molecule has 114 valence electrons. The molecule has 0 saturated heterocycles. The molecule has 21 heavy (non-hydrogen) atoms. The number of hydrogen-bond donors (Lipinski definition) is 2. The number of fused-ring (bicyclic) bond motifs is 1. The first-order valence-electron chi connectivity index (χ1n) is 7.39. The third-order valence-electron chi connectivity index (χ3n) is 4.38. The Kier molecular flexibility index (Phi) is 4.50. The molecule has 0 atom stereocenters. The third-order valence-corrected chi connectivity index (χ3v) is 4.38. The van der Waals surface area contributed by atoms with E-state index in [1.807, 2.05) is 18.2 Å². The number of carboxylic acid groups (broad SMARTS) is 1. The van der Waals surface area contributed by atoms with E-state index in [9.17, 15) is 14.7 Å². The molecule has 1 heterocycles. The lowest BCUT2D eigenvalue weighted by molar-refractivity contribution is -0.144. The minimum absolute atomic E-state index is 0.296. The Morgan fingerprint density at radius 1 is 1.24 bits per heavy atom. The van der Waals surface area contributed by atoms with Crippen molar-refractivity contribution >= 4 is 12.0 Å².